The molecule has 1 aliphatic heterocycles. The number of H-pyrrole nitrogens is 1. The molecule has 0 spiro atoms. The van der Waals surface area contributed by atoms with Gasteiger partial charge in [0.2, 0.25) is 0 Å². The molecule has 1 atom stereocenters. The Bertz CT molecular complexity index is 739. The molecule has 0 aliphatic carbocycles. The summed E-state index contributed by atoms with van der Waals surface area (Å²) in [7, 11) is 0. The van der Waals surface area contributed by atoms with Gasteiger partial charge in [0.25, 0.3) is 0 Å². The summed E-state index contributed by atoms with van der Waals surface area (Å²) in [5, 5.41) is 3.52. The minimum absolute atomic E-state index is 0.0844. The fourth-order valence-corrected chi connectivity index (χ4v) is 2.88. The minimum Gasteiger partial charge on any atom is -0.348 e. The van der Waals surface area contributed by atoms with E-state index in [2.05, 4.69) is 31.9 Å². The van der Waals surface area contributed by atoms with Crippen LogP contribution in [-0.2, 0) is 6.42 Å². The Kier molecular flexibility index (Phi) is 2.22. The zero-order valence-corrected chi connectivity index (χ0v) is 10.7. The standard InChI is InChI=1S/C14H15N5/c1-9-18-13(11-4-2-3-7-19(9)11)14-12-10(5-6-15-14)16-8-17-12/h2-4,7-8,14-15H,5-6H2,1H3,(H,16,17). The van der Waals surface area contributed by atoms with Gasteiger partial charge >= 0.3 is 0 Å². The molecular formula is C14H15N5. The monoisotopic (exact) mass is 253 g/mol. The molecule has 19 heavy (non-hydrogen) atoms. The quantitative estimate of drug-likeness (QED) is 0.692. The van der Waals surface area contributed by atoms with Crippen LogP contribution in [0.4, 0.5) is 0 Å². The first-order chi connectivity index (χ1) is 9.34. The lowest BCUT2D eigenvalue weighted by atomic mass is 10.0. The Morgan fingerprint density at radius 3 is 3.21 bits per heavy atom. The molecule has 0 amide bonds. The molecule has 5 nitrogen and oxygen atoms in total. The van der Waals surface area contributed by atoms with E-state index in [9.17, 15) is 0 Å². The van der Waals surface area contributed by atoms with E-state index in [1.54, 1.807) is 6.33 Å². The van der Waals surface area contributed by atoms with E-state index in [4.69, 9.17) is 4.98 Å². The topological polar surface area (TPSA) is 58.0 Å². The highest BCUT2D eigenvalue weighted by Gasteiger charge is 2.27. The van der Waals surface area contributed by atoms with Gasteiger partial charge in [-0.3, -0.25) is 0 Å². The lowest BCUT2D eigenvalue weighted by Crippen LogP contribution is -2.31. The van der Waals surface area contributed by atoms with Gasteiger partial charge in [0, 0.05) is 24.9 Å². The van der Waals surface area contributed by atoms with Gasteiger partial charge in [0.15, 0.2) is 0 Å². The lowest BCUT2D eigenvalue weighted by molar-refractivity contribution is 0.547. The van der Waals surface area contributed by atoms with Crippen LogP contribution in [0.1, 0.15) is 28.9 Å². The highest BCUT2D eigenvalue weighted by atomic mass is 15.1. The summed E-state index contributed by atoms with van der Waals surface area (Å²) in [5.41, 5.74) is 4.51. The SMILES string of the molecule is Cc1nc(C2NCCc3[nH]cnc32)c2ccccn12. The average molecular weight is 253 g/mol. The molecule has 0 bridgehead atoms. The van der Waals surface area contributed by atoms with E-state index in [0.29, 0.717) is 0 Å². The van der Waals surface area contributed by atoms with E-state index < -0.39 is 0 Å². The molecule has 0 saturated heterocycles. The number of aromatic amines is 1. The van der Waals surface area contributed by atoms with Crippen molar-refractivity contribution in [1.82, 2.24) is 24.7 Å². The third-order valence-corrected chi connectivity index (χ3v) is 3.78. The van der Waals surface area contributed by atoms with Gasteiger partial charge in [-0.2, -0.15) is 0 Å². The van der Waals surface area contributed by atoms with E-state index in [0.717, 1.165) is 35.7 Å². The predicted octanol–water partition coefficient (Wildman–Crippen LogP) is 1.60. The maximum atomic E-state index is 4.74. The van der Waals surface area contributed by atoms with Crippen molar-refractivity contribution >= 4 is 5.52 Å². The van der Waals surface area contributed by atoms with Crippen molar-refractivity contribution in [3.63, 3.8) is 0 Å². The van der Waals surface area contributed by atoms with Gasteiger partial charge < -0.3 is 14.7 Å². The van der Waals surface area contributed by atoms with E-state index in [1.807, 2.05) is 19.1 Å². The van der Waals surface area contributed by atoms with Crippen LogP contribution in [0.5, 0.6) is 0 Å². The zero-order valence-electron chi connectivity index (χ0n) is 10.7. The number of imidazole rings is 2. The number of hydrogen-bond donors (Lipinski definition) is 2. The Balaban J connectivity index is 1.93. The van der Waals surface area contributed by atoms with Crippen LogP contribution in [-0.4, -0.2) is 25.9 Å². The number of aromatic nitrogens is 4. The second kappa shape index (κ2) is 3.93. The second-order valence-corrected chi connectivity index (χ2v) is 4.90. The summed E-state index contributed by atoms with van der Waals surface area (Å²) in [6.07, 6.45) is 4.82. The molecule has 4 heterocycles. The first-order valence-corrected chi connectivity index (χ1v) is 6.53. The van der Waals surface area contributed by atoms with Crippen LogP contribution in [0, 0.1) is 6.92 Å². The second-order valence-electron chi connectivity index (χ2n) is 4.90. The summed E-state index contributed by atoms with van der Waals surface area (Å²) in [4.78, 5) is 12.4. The highest BCUT2D eigenvalue weighted by molar-refractivity contribution is 5.56. The molecular weight excluding hydrogens is 238 g/mol. The third kappa shape index (κ3) is 1.51. The maximum absolute atomic E-state index is 4.74. The van der Waals surface area contributed by atoms with Crippen LogP contribution >= 0.6 is 0 Å². The average Bonchev–Trinajstić information content (AvgIpc) is 3.04. The normalized spacial score (nSPS) is 18.7. The molecule has 0 fully saturated rings. The van der Waals surface area contributed by atoms with E-state index in [-0.39, 0.29) is 6.04 Å². The number of nitrogens with zero attached hydrogens (tertiary/aromatic N) is 3. The Morgan fingerprint density at radius 1 is 1.32 bits per heavy atom. The minimum atomic E-state index is 0.0844. The van der Waals surface area contributed by atoms with Crippen molar-refractivity contribution in [2.75, 3.05) is 6.54 Å². The van der Waals surface area contributed by atoms with Crippen LogP contribution in [0.25, 0.3) is 5.52 Å². The Hall–Kier alpha value is -2.14. The first-order valence-electron chi connectivity index (χ1n) is 6.53. The number of hydrogen-bond acceptors (Lipinski definition) is 3. The van der Waals surface area contributed by atoms with Crippen molar-refractivity contribution < 1.29 is 0 Å². The van der Waals surface area contributed by atoms with Crippen molar-refractivity contribution in [2.24, 2.45) is 0 Å². The number of aryl methyl sites for hydroxylation is 1. The van der Waals surface area contributed by atoms with Crippen LogP contribution in [0.15, 0.2) is 30.7 Å². The molecule has 2 N–H and O–H groups in total. The summed E-state index contributed by atoms with van der Waals surface area (Å²) in [6, 6.07) is 6.27. The van der Waals surface area contributed by atoms with Gasteiger partial charge in [0.05, 0.1) is 29.3 Å². The summed E-state index contributed by atoms with van der Waals surface area (Å²) in [5.74, 6) is 1.01. The molecule has 5 heteroatoms. The molecule has 96 valence electrons. The maximum Gasteiger partial charge on any atom is 0.110 e. The van der Waals surface area contributed by atoms with Gasteiger partial charge in [-0.1, -0.05) is 6.07 Å². The van der Waals surface area contributed by atoms with Crippen molar-refractivity contribution in [3.05, 3.63) is 53.6 Å². The van der Waals surface area contributed by atoms with Crippen molar-refractivity contribution in [1.29, 1.82) is 0 Å². The first kappa shape index (κ1) is 10.8. The summed E-state index contributed by atoms with van der Waals surface area (Å²) in [6.45, 7) is 2.98. The largest absolute Gasteiger partial charge is 0.348 e. The van der Waals surface area contributed by atoms with Crippen molar-refractivity contribution in [2.45, 2.75) is 19.4 Å². The number of nitrogens with one attached hydrogen (secondary N) is 2. The fourth-order valence-electron chi connectivity index (χ4n) is 2.88. The number of fused-ring (bicyclic) bond motifs is 2. The van der Waals surface area contributed by atoms with Gasteiger partial charge in [-0.25, -0.2) is 9.97 Å². The highest BCUT2D eigenvalue weighted by Crippen LogP contribution is 2.28. The Labute approximate surface area is 110 Å². The van der Waals surface area contributed by atoms with Gasteiger partial charge in [-0.05, 0) is 19.1 Å². The lowest BCUT2D eigenvalue weighted by Gasteiger charge is -2.21. The molecule has 4 rings (SSSR count). The zero-order chi connectivity index (χ0) is 12.8. The summed E-state index contributed by atoms with van der Waals surface area (Å²) >= 11 is 0. The van der Waals surface area contributed by atoms with Crippen LogP contribution in [0.2, 0.25) is 0 Å². The van der Waals surface area contributed by atoms with Crippen LogP contribution < -0.4 is 5.32 Å². The molecule has 3 aromatic rings. The predicted molar refractivity (Wildman–Crippen MR) is 72.1 cm³/mol. The molecule has 3 aromatic heterocycles. The van der Waals surface area contributed by atoms with E-state index in [1.165, 1.54) is 5.69 Å². The summed E-state index contributed by atoms with van der Waals surface area (Å²) < 4.78 is 2.12. The molecule has 1 aliphatic rings. The fraction of sp³-hybridized carbons (Fsp3) is 0.286. The number of rotatable bonds is 1. The Morgan fingerprint density at radius 2 is 2.26 bits per heavy atom. The molecule has 0 aromatic carbocycles. The molecule has 0 saturated carbocycles. The van der Waals surface area contributed by atoms with E-state index >= 15 is 0 Å². The van der Waals surface area contributed by atoms with Gasteiger partial charge in [0.1, 0.15) is 5.82 Å². The molecule has 0 radical (unpaired) electrons. The van der Waals surface area contributed by atoms with Crippen LogP contribution in [0.3, 0.4) is 0 Å². The molecule has 1 unspecified atom stereocenters. The van der Waals surface area contributed by atoms with Gasteiger partial charge in [-0.15, -0.1) is 0 Å². The van der Waals surface area contributed by atoms with Crippen molar-refractivity contribution in [3.8, 4) is 0 Å². The smallest absolute Gasteiger partial charge is 0.110 e. The number of pyridine rings is 1. The third-order valence-electron chi connectivity index (χ3n) is 3.78.